The largest absolute Gasteiger partial charge is 0.486 e. The lowest BCUT2D eigenvalue weighted by Crippen LogP contribution is -2.45. The lowest BCUT2D eigenvalue weighted by Gasteiger charge is -2.36. The first-order valence-corrected chi connectivity index (χ1v) is 10.9. The zero-order valence-corrected chi connectivity index (χ0v) is 18.2. The van der Waals surface area contributed by atoms with Crippen LogP contribution < -0.4 is 14.8 Å². The molecule has 3 aromatic rings. The second kappa shape index (κ2) is 7.89. The maximum Gasteiger partial charge on any atom is 0.251 e. The maximum absolute atomic E-state index is 12.9. The van der Waals surface area contributed by atoms with Crippen molar-refractivity contribution >= 4 is 16.9 Å². The fourth-order valence-electron chi connectivity index (χ4n) is 4.43. The van der Waals surface area contributed by atoms with E-state index in [2.05, 4.69) is 48.2 Å². The summed E-state index contributed by atoms with van der Waals surface area (Å²) in [4.78, 5) is 23.6. The molecule has 2 atom stereocenters. The van der Waals surface area contributed by atoms with Crippen molar-refractivity contribution in [2.45, 2.75) is 38.8 Å². The van der Waals surface area contributed by atoms with Gasteiger partial charge in [-0.3, -0.25) is 9.69 Å². The van der Waals surface area contributed by atoms with E-state index in [0.717, 1.165) is 36.2 Å². The summed E-state index contributed by atoms with van der Waals surface area (Å²) in [5, 5.41) is 3.21. The van der Waals surface area contributed by atoms with Gasteiger partial charge < -0.3 is 19.8 Å². The maximum atomic E-state index is 12.9. The molecule has 162 valence electrons. The Morgan fingerprint density at radius 2 is 1.90 bits per heavy atom. The first-order chi connectivity index (χ1) is 15.0. The minimum atomic E-state index is -0.0823. The number of carbonyl (C=O) groups excluding carboxylic acids is 1. The average molecular weight is 421 g/mol. The molecule has 1 saturated heterocycles. The number of likely N-dealkylation sites (tertiary alicyclic amines) is 1. The number of fused-ring (bicyclic) bond motifs is 2. The van der Waals surface area contributed by atoms with Crippen molar-refractivity contribution in [2.24, 2.45) is 0 Å². The summed E-state index contributed by atoms with van der Waals surface area (Å²) >= 11 is 0. The van der Waals surface area contributed by atoms with E-state index in [1.54, 1.807) is 18.2 Å². The number of amides is 1. The number of nitrogens with zero attached hydrogens (tertiary/aromatic N) is 2. The Hall–Kier alpha value is -3.06. The van der Waals surface area contributed by atoms with Gasteiger partial charge in [-0.1, -0.05) is 0 Å². The normalized spacial score (nSPS) is 21.3. The summed E-state index contributed by atoms with van der Waals surface area (Å²) < 4.78 is 11.2. The summed E-state index contributed by atoms with van der Waals surface area (Å²) in [6, 6.07) is 9.86. The van der Waals surface area contributed by atoms with Crippen LogP contribution in [0, 0.1) is 13.8 Å². The van der Waals surface area contributed by atoms with E-state index in [1.165, 1.54) is 11.1 Å². The number of benzene rings is 2. The van der Waals surface area contributed by atoms with Crippen LogP contribution in [0.1, 0.15) is 46.2 Å². The fraction of sp³-hybridized carbons (Fsp3) is 0.417. The van der Waals surface area contributed by atoms with Crippen LogP contribution in [0.2, 0.25) is 0 Å². The molecule has 2 N–H and O–H groups in total. The highest BCUT2D eigenvalue weighted by molar-refractivity contribution is 5.95. The first-order valence-electron chi connectivity index (χ1n) is 10.9. The summed E-state index contributed by atoms with van der Waals surface area (Å²) in [7, 11) is 2.12. The Morgan fingerprint density at radius 1 is 1.13 bits per heavy atom. The molecule has 0 saturated carbocycles. The van der Waals surface area contributed by atoms with Gasteiger partial charge in [0.2, 0.25) is 0 Å². The van der Waals surface area contributed by atoms with E-state index in [4.69, 9.17) is 14.5 Å². The molecule has 0 bridgehead atoms. The number of nitrogens with one attached hydrogen (secondary N) is 2. The van der Waals surface area contributed by atoms with Crippen LogP contribution in [-0.4, -0.2) is 53.6 Å². The summed E-state index contributed by atoms with van der Waals surface area (Å²) in [6.45, 7) is 6.17. The Kier molecular flexibility index (Phi) is 5.06. The van der Waals surface area contributed by atoms with Crippen molar-refractivity contribution < 1.29 is 14.3 Å². The van der Waals surface area contributed by atoms with Gasteiger partial charge in [0.05, 0.1) is 17.1 Å². The quantitative estimate of drug-likeness (QED) is 0.678. The second-order valence-corrected chi connectivity index (χ2v) is 8.63. The number of H-pyrrole nitrogens is 1. The molecule has 0 radical (unpaired) electrons. The van der Waals surface area contributed by atoms with Gasteiger partial charge in [0.1, 0.15) is 19.0 Å². The third-order valence-corrected chi connectivity index (χ3v) is 6.44. The van der Waals surface area contributed by atoms with E-state index >= 15 is 0 Å². The summed E-state index contributed by atoms with van der Waals surface area (Å²) in [5.41, 5.74) is 5.15. The number of ether oxygens (including phenoxy) is 2. The van der Waals surface area contributed by atoms with Crippen LogP contribution in [0.25, 0.3) is 11.0 Å². The number of hydrogen-bond donors (Lipinski definition) is 2. The highest BCUT2D eigenvalue weighted by Crippen LogP contribution is 2.32. The number of piperidine rings is 1. The van der Waals surface area contributed by atoms with Crippen molar-refractivity contribution in [2.75, 3.05) is 26.8 Å². The van der Waals surface area contributed by atoms with E-state index in [0.29, 0.717) is 30.3 Å². The summed E-state index contributed by atoms with van der Waals surface area (Å²) in [5.74, 6) is 2.20. The SMILES string of the molecule is Cc1cc2nc([C@H]3CC(NC(=O)c4ccc5c(c4)OCCO5)CCN3C)[nH]c2cc1C. The highest BCUT2D eigenvalue weighted by Gasteiger charge is 2.30. The van der Waals surface area contributed by atoms with Crippen LogP contribution in [-0.2, 0) is 0 Å². The molecule has 2 aliphatic heterocycles. The van der Waals surface area contributed by atoms with E-state index in [9.17, 15) is 4.79 Å². The van der Waals surface area contributed by atoms with Crippen LogP contribution >= 0.6 is 0 Å². The van der Waals surface area contributed by atoms with Crippen molar-refractivity contribution in [3.63, 3.8) is 0 Å². The van der Waals surface area contributed by atoms with E-state index < -0.39 is 0 Å². The molecular weight excluding hydrogens is 392 g/mol. The Bertz CT molecular complexity index is 1100. The molecule has 0 spiro atoms. The van der Waals surface area contributed by atoms with Crippen molar-refractivity contribution in [3.05, 3.63) is 52.8 Å². The van der Waals surface area contributed by atoms with Gasteiger partial charge in [-0.2, -0.15) is 0 Å². The minimum absolute atomic E-state index is 0.0820. The first kappa shape index (κ1) is 19.9. The lowest BCUT2D eigenvalue weighted by atomic mass is 9.96. The molecule has 31 heavy (non-hydrogen) atoms. The van der Waals surface area contributed by atoms with Crippen LogP contribution in [0.5, 0.6) is 11.5 Å². The second-order valence-electron chi connectivity index (χ2n) is 8.63. The van der Waals surface area contributed by atoms with Gasteiger partial charge in [-0.15, -0.1) is 0 Å². The zero-order chi connectivity index (χ0) is 21.5. The van der Waals surface area contributed by atoms with Crippen LogP contribution in [0.3, 0.4) is 0 Å². The van der Waals surface area contributed by atoms with Gasteiger partial charge in [0.15, 0.2) is 11.5 Å². The zero-order valence-electron chi connectivity index (χ0n) is 18.2. The Morgan fingerprint density at radius 3 is 2.74 bits per heavy atom. The van der Waals surface area contributed by atoms with E-state index in [-0.39, 0.29) is 18.0 Å². The van der Waals surface area contributed by atoms with Gasteiger partial charge in [0, 0.05) is 18.2 Å². The van der Waals surface area contributed by atoms with Gasteiger partial charge in [-0.05, 0) is 75.2 Å². The molecule has 1 unspecified atom stereocenters. The third kappa shape index (κ3) is 3.85. The molecule has 1 amide bonds. The van der Waals surface area contributed by atoms with E-state index in [1.807, 2.05) is 0 Å². The third-order valence-electron chi connectivity index (χ3n) is 6.44. The lowest BCUT2D eigenvalue weighted by molar-refractivity contribution is 0.0883. The molecule has 5 rings (SSSR count). The minimum Gasteiger partial charge on any atom is -0.486 e. The number of aromatic amines is 1. The molecular formula is C24H28N4O3. The number of carbonyl (C=O) groups is 1. The molecule has 1 aromatic heterocycles. The number of hydrogen-bond acceptors (Lipinski definition) is 5. The average Bonchev–Trinajstić information content (AvgIpc) is 3.17. The molecule has 2 aromatic carbocycles. The fourth-order valence-corrected chi connectivity index (χ4v) is 4.43. The summed E-state index contributed by atoms with van der Waals surface area (Å²) in [6.07, 6.45) is 1.71. The van der Waals surface area contributed by atoms with Crippen LogP contribution in [0.15, 0.2) is 30.3 Å². The monoisotopic (exact) mass is 420 g/mol. The van der Waals surface area contributed by atoms with Crippen molar-refractivity contribution in [1.29, 1.82) is 0 Å². The topological polar surface area (TPSA) is 79.5 Å². The number of aromatic nitrogens is 2. The molecule has 7 heteroatoms. The standard InChI is InChI=1S/C24H28N4O3/c1-14-10-18-19(11-15(14)2)27-23(26-18)20-13-17(6-7-28(20)3)25-24(29)16-4-5-21-22(12-16)31-9-8-30-21/h4-5,10-12,17,20H,6-9,13H2,1-3H3,(H,25,29)(H,26,27)/t17?,20-/m1/s1. The Labute approximate surface area is 181 Å². The molecule has 1 fully saturated rings. The van der Waals surface area contributed by atoms with Gasteiger partial charge in [-0.25, -0.2) is 4.98 Å². The molecule has 2 aliphatic rings. The number of aryl methyl sites for hydroxylation is 2. The van der Waals surface area contributed by atoms with Crippen molar-refractivity contribution in [1.82, 2.24) is 20.2 Å². The van der Waals surface area contributed by atoms with Crippen molar-refractivity contribution in [3.8, 4) is 11.5 Å². The predicted octanol–water partition coefficient (Wildman–Crippen LogP) is 3.52. The van der Waals surface area contributed by atoms with Gasteiger partial charge in [0.25, 0.3) is 5.91 Å². The smallest absolute Gasteiger partial charge is 0.251 e. The predicted molar refractivity (Wildman–Crippen MR) is 119 cm³/mol. The Balaban J connectivity index is 1.32. The number of imidazole rings is 1. The highest BCUT2D eigenvalue weighted by atomic mass is 16.6. The molecule has 7 nitrogen and oxygen atoms in total. The number of rotatable bonds is 3. The molecule has 0 aliphatic carbocycles. The molecule has 3 heterocycles. The van der Waals surface area contributed by atoms with Crippen LogP contribution in [0.4, 0.5) is 0 Å². The van der Waals surface area contributed by atoms with Gasteiger partial charge >= 0.3 is 0 Å².